The number of hydrogen-bond acceptors (Lipinski definition) is 5. The highest BCUT2D eigenvalue weighted by molar-refractivity contribution is 5.37. The van der Waals surface area contributed by atoms with E-state index >= 15 is 0 Å². The van der Waals surface area contributed by atoms with E-state index in [1.807, 2.05) is 6.20 Å². The predicted octanol–water partition coefficient (Wildman–Crippen LogP) is 1.70. The first-order valence-electron chi connectivity index (χ1n) is 7.15. The van der Waals surface area contributed by atoms with Crippen molar-refractivity contribution in [2.75, 3.05) is 38.2 Å². The topological polar surface area (TPSA) is 50.3 Å². The molecule has 19 heavy (non-hydrogen) atoms. The fraction of sp³-hybridized carbons (Fsp3) is 0.714. The Morgan fingerprint density at radius 1 is 1.37 bits per heavy atom. The number of aromatic nitrogens is 2. The largest absolute Gasteiger partial charge is 0.480 e. The smallest absolute Gasteiger partial charge is 0.233 e. The molecule has 0 atom stereocenters. The minimum atomic E-state index is 0.587. The van der Waals surface area contributed by atoms with Crippen molar-refractivity contribution < 1.29 is 4.74 Å². The monoisotopic (exact) mass is 264 g/mol. The molecule has 2 heterocycles. The molecule has 2 rings (SSSR count). The first kappa shape index (κ1) is 14.1. The molecule has 1 N–H and O–H groups in total. The zero-order valence-electron chi connectivity index (χ0n) is 11.9. The van der Waals surface area contributed by atoms with Gasteiger partial charge in [-0.25, -0.2) is 0 Å². The van der Waals surface area contributed by atoms with Gasteiger partial charge in [-0.05, 0) is 38.3 Å². The summed E-state index contributed by atoms with van der Waals surface area (Å²) in [5, 5.41) is 3.41. The first-order chi connectivity index (χ1) is 9.33. The molecule has 1 aliphatic rings. The van der Waals surface area contributed by atoms with Crippen LogP contribution >= 0.6 is 0 Å². The Labute approximate surface area is 115 Å². The molecule has 1 aromatic rings. The molecule has 0 spiro atoms. The van der Waals surface area contributed by atoms with Gasteiger partial charge in [-0.2, -0.15) is 4.98 Å². The SMILES string of the molecule is CCCN(CC1CCNCC1)c1cncc(OC)n1. The van der Waals surface area contributed by atoms with Crippen LogP contribution in [0, 0.1) is 5.92 Å². The summed E-state index contributed by atoms with van der Waals surface area (Å²) in [6.07, 6.45) is 7.09. The Morgan fingerprint density at radius 2 is 2.16 bits per heavy atom. The van der Waals surface area contributed by atoms with E-state index in [-0.39, 0.29) is 0 Å². The Bertz CT molecular complexity index is 379. The van der Waals surface area contributed by atoms with Crippen molar-refractivity contribution in [3.8, 4) is 5.88 Å². The van der Waals surface area contributed by atoms with Gasteiger partial charge in [-0.3, -0.25) is 4.98 Å². The molecule has 5 nitrogen and oxygen atoms in total. The molecule has 1 aliphatic heterocycles. The molecular weight excluding hydrogens is 240 g/mol. The molecule has 0 aromatic carbocycles. The summed E-state index contributed by atoms with van der Waals surface area (Å²) in [6.45, 7) is 6.55. The average molecular weight is 264 g/mol. The number of ether oxygens (including phenoxy) is 1. The summed E-state index contributed by atoms with van der Waals surface area (Å²) in [6, 6.07) is 0. The molecule has 106 valence electrons. The van der Waals surface area contributed by atoms with E-state index < -0.39 is 0 Å². The van der Waals surface area contributed by atoms with Crippen molar-refractivity contribution in [1.29, 1.82) is 0 Å². The fourth-order valence-corrected chi connectivity index (χ4v) is 2.53. The second-order valence-electron chi connectivity index (χ2n) is 5.06. The Balaban J connectivity index is 2.04. The molecule has 0 bridgehead atoms. The quantitative estimate of drug-likeness (QED) is 0.847. The Morgan fingerprint density at radius 3 is 2.84 bits per heavy atom. The number of piperidine rings is 1. The summed E-state index contributed by atoms with van der Waals surface area (Å²) in [4.78, 5) is 11.1. The number of hydrogen-bond donors (Lipinski definition) is 1. The summed E-state index contributed by atoms with van der Waals surface area (Å²) in [5.41, 5.74) is 0. The number of anilines is 1. The van der Waals surface area contributed by atoms with Crippen LogP contribution in [0.15, 0.2) is 12.4 Å². The van der Waals surface area contributed by atoms with Gasteiger partial charge in [-0.1, -0.05) is 6.92 Å². The third kappa shape index (κ3) is 4.06. The van der Waals surface area contributed by atoms with Crippen LogP contribution in [0.1, 0.15) is 26.2 Å². The van der Waals surface area contributed by atoms with Crippen LogP contribution in [0.3, 0.4) is 0 Å². The summed E-state index contributed by atoms with van der Waals surface area (Å²) in [5.74, 6) is 2.27. The second kappa shape index (κ2) is 7.28. The van der Waals surface area contributed by atoms with Gasteiger partial charge in [0.1, 0.15) is 0 Å². The van der Waals surface area contributed by atoms with Gasteiger partial charge >= 0.3 is 0 Å². The second-order valence-corrected chi connectivity index (χ2v) is 5.06. The lowest BCUT2D eigenvalue weighted by Gasteiger charge is -2.30. The van der Waals surface area contributed by atoms with Gasteiger partial charge in [-0.15, -0.1) is 0 Å². The molecule has 0 amide bonds. The maximum absolute atomic E-state index is 5.16. The number of nitrogens with one attached hydrogen (secondary N) is 1. The molecular formula is C14H24N4O. The van der Waals surface area contributed by atoms with Crippen molar-refractivity contribution >= 4 is 5.82 Å². The highest BCUT2D eigenvalue weighted by Crippen LogP contribution is 2.19. The van der Waals surface area contributed by atoms with E-state index in [2.05, 4.69) is 27.1 Å². The molecule has 1 aromatic heterocycles. The molecule has 1 saturated heterocycles. The van der Waals surface area contributed by atoms with E-state index in [4.69, 9.17) is 4.74 Å². The van der Waals surface area contributed by atoms with Gasteiger partial charge < -0.3 is 15.0 Å². The molecule has 0 radical (unpaired) electrons. The zero-order chi connectivity index (χ0) is 13.5. The lowest BCUT2D eigenvalue weighted by atomic mass is 9.97. The van der Waals surface area contributed by atoms with Crippen LogP contribution in [-0.4, -0.2) is 43.3 Å². The minimum absolute atomic E-state index is 0.587. The molecule has 5 heteroatoms. The Kier molecular flexibility index (Phi) is 5.39. The molecule has 0 saturated carbocycles. The first-order valence-corrected chi connectivity index (χ1v) is 7.15. The van der Waals surface area contributed by atoms with Crippen molar-refractivity contribution in [1.82, 2.24) is 15.3 Å². The minimum Gasteiger partial charge on any atom is -0.480 e. The van der Waals surface area contributed by atoms with Crippen molar-refractivity contribution in [2.24, 2.45) is 5.92 Å². The summed E-state index contributed by atoms with van der Waals surface area (Å²) >= 11 is 0. The van der Waals surface area contributed by atoms with Crippen molar-refractivity contribution in [3.63, 3.8) is 0 Å². The van der Waals surface area contributed by atoms with E-state index in [9.17, 15) is 0 Å². The highest BCUT2D eigenvalue weighted by Gasteiger charge is 2.18. The molecule has 1 fully saturated rings. The Hall–Kier alpha value is -1.36. The standard InChI is InChI=1S/C14H24N4O/c1-3-8-18(11-12-4-6-15-7-5-12)13-9-16-10-14(17-13)19-2/h9-10,12,15H,3-8,11H2,1-2H3. The normalized spacial score (nSPS) is 16.3. The molecule has 0 aliphatic carbocycles. The summed E-state index contributed by atoms with van der Waals surface area (Å²) in [7, 11) is 1.63. The van der Waals surface area contributed by atoms with E-state index in [1.165, 1.54) is 12.8 Å². The molecule has 0 unspecified atom stereocenters. The maximum Gasteiger partial charge on any atom is 0.233 e. The van der Waals surface area contributed by atoms with Gasteiger partial charge in [0, 0.05) is 13.1 Å². The van der Waals surface area contributed by atoms with Crippen LogP contribution in [0.25, 0.3) is 0 Å². The van der Waals surface area contributed by atoms with Crippen molar-refractivity contribution in [2.45, 2.75) is 26.2 Å². The summed E-state index contributed by atoms with van der Waals surface area (Å²) < 4.78 is 5.16. The number of nitrogens with zero attached hydrogens (tertiary/aromatic N) is 3. The van der Waals surface area contributed by atoms with Gasteiger partial charge in [0.15, 0.2) is 5.82 Å². The lowest BCUT2D eigenvalue weighted by Crippen LogP contribution is -2.37. The van der Waals surface area contributed by atoms with Crippen molar-refractivity contribution in [3.05, 3.63) is 12.4 Å². The fourth-order valence-electron chi connectivity index (χ4n) is 2.53. The van der Waals surface area contributed by atoms with Crippen LogP contribution in [0.2, 0.25) is 0 Å². The third-order valence-electron chi connectivity index (χ3n) is 3.56. The van der Waals surface area contributed by atoms with E-state index in [1.54, 1.807) is 13.3 Å². The third-order valence-corrected chi connectivity index (χ3v) is 3.56. The van der Waals surface area contributed by atoms with Gasteiger partial charge in [0.25, 0.3) is 0 Å². The highest BCUT2D eigenvalue weighted by atomic mass is 16.5. The van der Waals surface area contributed by atoms with Gasteiger partial charge in [0.05, 0.1) is 19.5 Å². The predicted molar refractivity (Wildman–Crippen MR) is 76.7 cm³/mol. The van der Waals surface area contributed by atoms with E-state index in [0.717, 1.165) is 44.3 Å². The van der Waals surface area contributed by atoms with Crippen LogP contribution in [0.5, 0.6) is 5.88 Å². The van der Waals surface area contributed by atoms with Crippen LogP contribution in [0.4, 0.5) is 5.82 Å². The van der Waals surface area contributed by atoms with Gasteiger partial charge in [0.2, 0.25) is 5.88 Å². The lowest BCUT2D eigenvalue weighted by molar-refractivity contribution is 0.370. The average Bonchev–Trinajstić information content (AvgIpc) is 2.48. The number of methoxy groups -OCH3 is 1. The maximum atomic E-state index is 5.16. The van der Waals surface area contributed by atoms with Crippen LogP contribution < -0.4 is 15.0 Å². The van der Waals surface area contributed by atoms with Crippen LogP contribution in [-0.2, 0) is 0 Å². The zero-order valence-corrected chi connectivity index (χ0v) is 11.9. The van der Waals surface area contributed by atoms with E-state index in [0.29, 0.717) is 5.88 Å². The number of rotatable bonds is 6.